The molecule has 1 aromatic heterocycles. The Kier molecular flexibility index (Phi) is 6.02. The number of likely N-dealkylation sites (tertiary alicyclic amines) is 1. The van der Waals surface area contributed by atoms with Crippen LogP contribution in [0.4, 0.5) is 4.39 Å². The Morgan fingerprint density at radius 3 is 2.58 bits per heavy atom. The summed E-state index contributed by atoms with van der Waals surface area (Å²) >= 11 is 0. The number of carbonyl (C=O) groups is 2. The first-order valence-electron chi connectivity index (χ1n) is 10.2. The van der Waals surface area contributed by atoms with Crippen molar-refractivity contribution >= 4 is 11.8 Å². The molecule has 1 aliphatic rings. The highest BCUT2D eigenvalue weighted by molar-refractivity contribution is 5.95. The lowest BCUT2D eigenvalue weighted by molar-refractivity contribution is 0.0729. The summed E-state index contributed by atoms with van der Waals surface area (Å²) in [7, 11) is 0. The topological polar surface area (TPSA) is 75.2 Å². The van der Waals surface area contributed by atoms with Crippen LogP contribution in [0.5, 0.6) is 0 Å². The van der Waals surface area contributed by atoms with Gasteiger partial charge in [-0.05, 0) is 49.6 Å². The number of hydrogen-bond acceptors (Lipinski definition) is 4. The normalized spacial score (nSPS) is 15.7. The molecule has 0 radical (unpaired) electrons. The number of amides is 2. The van der Waals surface area contributed by atoms with Crippen LogP contribution in [0, 0.1) is 12.7 Å². The number of carbonyl (C=O) groups excluding carboxylic acids is 2. The van der Waals surface area contributed by atoms with Crippen LogP contribution in [-0.2, 0) is 6.54 Å². The minimum atomic E-state index is -0.318. The lowest BCUT2D eigenvalue weighted by atomic mass is 10.1. The van der Waals surface area contributed by atoms with Crippen molar-refractivity contribution in [3.05, 3.63) is 94.8 Å². The van der Waals surface area contributed by atoms with Crippen LogP contribution in [-0.4, -0.2) is 33.2 Å². The Morgan fingerprint density at radius 1 is 1.13 bits per heavy atom. The zero-order valence-electron chi connectivity index (χ0n) is 17.2. The minimum Gasteiger partial charge on any atom is -0.348 e. The fourth-order valence-electron chi connectivity index (χ4n) is 3.77. The van der Waals surface area contributed by atoms with Crippen LogP contribution in [0.3, 0.4) is 0 Å². The molecule has 0 aliphatic carbocycles. The third kappa shape index (κ3) is 4.60. The summed E-state index contributed by atoms with van der Waals surface area (Å²) in [5, 5.41) is 2.81. The lowest BCUT2D eigenvalue weighted by Crippen LogP contribution is -2.32. The smallest absolute Gasteiger partial charge is 0.254 e. The molecule has 0 spiro atoms. The summed E-state index contributed by atoms with van der Waals surface area (Å²) in [6.45, 7) is 2.69. The molecule has 1 unspecified atom stereocenters. The fraction of sp³-hybridized carbons (Fsp3) is 0.250. The van der Waals surface area contributed by atoms with Crippen molar-refractivity contribution in [3.8, 4) is 0 Å². The largest absolute Gasteiger partial charge is 0.348 e. The maximum atomic E-state index is 13.0. The second kappa shape index (κ2) is 9.04. The van der Waals surface area contributed by atoms with Crippen LogP contribution in [0.15, 0.2) is 60.8 Å². The number of aromatic nitrogens is 2. The first-order valence-corrected chi connectivity index (χ1v) is 10.2. The molecule has 158 valence electrons. The van der Waals surface area contributed by atoms with E-state index in [1.54, 1.807) is 36.1 Å². The van der Waals surface area contributed by atoms with Crippen molar-refractivity contribution in [1.29, 1.82) is 0 Å². The van der Waals surface area contributed by atoms with Crippen molar-refractivity contribution in [2.24, 2.45) is 0 Å². The van der Waals surface area contributed by atoms with Crippen molar-refractivity contribution in [1.82, 2.24) is 20.2 Å². The SMILES string of the molecule is Cc1nc(C2CCCN2C(=O)c2ccccc2)ncc1C(=O)NCc1ccc(F)cc1. The van der Waals surface area contributed by atoms with E-state index in [2.05, 4.69) is 15.3 Å². The molecule has 4 rings (SSSR count). The van der Waals surface area contributed by atoms with Gasteiger partial charge in [-0.3, -0.25) is 9.59 Å². The predicted molar refractivity (Wildman–Crippen MR) is 114 cm³/mol. The van der Waals surface area contributed by atoms with Gasteiger partial charge in [0.05, 0.1) is 17.3 Å². The van der Waals surface area contributed by atoms with Gasteiger partial charge in [0.15, 0.2) is 5.82 Å². The van der Waals surface area contributed by atoms with E-state index < -0.39 is 0 Å². The van der Waals surface area contributed by atoms with E-state index in [1.165, 1.54) is 18.3 Å². The molecule has 1 fully saturated rings. The van der Waals surface area contributed by atoms with Crippen LogP contribution in [0.1, 0.15) is 56.7 Å². The zero-order chi connectivity index (χ0) is 21.8. The number of nitrogens with zero attached hydrogens (tertiary/aromatic N) is 3. The number of hydrogen-bond donors (Lipinski definition) is 1. The maximum absolute atomic E-state index is 13.0. The average Bonchev–Trinajstić information content (AvgIpc) is 3.28. The van der Waals surface area contributed by atoms with Gasteiger partial charge in [-0.25, -0.2) is 14.4 Å². The third-order valence-corrected chi connectivity index (χ3v) is 5.44. The summed E-state index contributed by atoms with van der Waals surface area (Å²) < 4.78 is 13.0. The number of aryl methyl sites for hydroxylation is 1. The van der Waals surface area contributed by atoms with Crippen molar-refractivity contribution in [2.45, 2.75) is 32.4 Å². The van der Waals surface area contributed by atoms with E-state index in [1.807, 2.05) is 18.2 Å². The Hall–Kier alpha value is -3.61. The highest BCUT2D eigenvalue weighted by atomic mass is 19.1. The first-order chi connectivity index (χ1) is 15.0. The van der Waals surface area contributed by atoms with Gasteiger partial charge in [0.25, 0.3) is 11.8 Å². The highest BCUT2D eigenvalue weighted by Crippen LogP contribution is 2.31. The summed E-state index contributed by atoms with van der Waals surface area (Å²) in [6.07, 6.45) is 3.18. The molecule has 1 aliphatic heterocycles. The molecule has 0 bridgehead atoms. The Morgan fingerprint density at radius 2 is 1.87 bits per heavy atom. The van der Waals surface area contributed by atoms with E-state index in [0.29, 0.717) is 29.2 Å². The van der Waals surface area contributed by atoms with Gasteiger partial charge in [0.1, 0.15) is 5.82 Å². The van der Waals surface area contributed by atoms with Crippen LogP contribution < -0.4 is 5.32 Å². The van der Waals surface area contributed by atoms with Crippen molar-refractivity contribution in [3.63, 3.8) is 0 Å². The summed E-state index contributed by atoms with van der Waals surface area (Å²) in [5.41, 5.74) is 2.37. The molecule has 3 aromatic rings. The fourth-order valence-corrected chi connectivity index (χ4v) is 3.77. The van der Waals surface area contributed by atoms with Gasteiger partial charge in [0.2, 0.25) is 0 Å². The molecule has 6 nitrogen and oxygen atoms in total. The van der Waals surface area contributed by atoms with Crippen LogP contribution >= 0.6 is 0 Å². The predicted octanol–water partition coefficient (Wildman–Crippen LogP) is 3.83. The number of benzene rings is 2. The van der Waals surface area contributed by atoms with Gasteiger partial charge in [0, 0.05) is 24.8 Å². The van der Waals surface area contributed by atoms with Gasteiger partial charge in [-0.1, -0.05) is 30.3 Å². The van der Waals surface area contributed by atoms with E-state index >= 15 is 0 Å². The second-order valence-electron chi connectivity index (χ2n) is 7.56. The third-order valence-electron chi connectivity index (χ3n) is 5.44. The van der Waals surface area contributed by atoms with Gasteiger partial charge in [-0.15, -0.1) is 0 Å². The molecule has 2 amide bonds. The molecule has 31 heavy (non-hydrogen) atoms. The van der Waals surface area contributed by atoms with Gasteiger partial charge < -0.3 is 10.2 Å². The molecule has 0 saturated carbocycles. The molecular weight excluding hydrogens is 395 g/mol. The molecule has 1 saturated heterocycles. The second-order valence-corrected chi connectivity index (χ2v) is 7.56. The van der Waals surface area contributed by atoms with Gasteiger partial charge in [-0.2, -0.15) is 0 Å². The van der Waals surface area contributed by atoms with Crippen LogP contribution in [0.25, 0.3) is 0 Å². The van der Waals surface area contributed by atoms with E-state index in [9.17, 15) is 14.0 Å². The number of nitrogens with one attached hydrogen (secondary N) is 1. The summed E-state index contributed by atoms with van der Waals surface area (Å²) in [5.74, 6) is -0.0986. The maximum Gasteiger partial charge on any atom is 0.254 e. The van der Waals surface area contributed by atoms with Crippen LogP contribution in [0.2, 0.25) is 0 Å². The number of halogens is 1. The standard InChI is InChI=1S/C24H23FN4O2/c1-16-20(23(30)27-14-17-9-11-19(25)12-10-17)15-26-22(28-16)21-8-5-13-29(21)24(31)18-6-3-2-4-7-18/h2-4,6-7,9-12,15,21H,5,8,13-14H2,1H3,(H,27,30). The molecule has 1 atom stereocenters. The van der Waals surface area contributed by atoms with E-state index in [4.69, 9.17) is 0 Å². The van der Waals surface area contributed by atoms with Crippen molar-refractivity contribution < 1.29 is 14.0 Å². The quantitative estimate of drug-likeness (QED) is 0.683. The summed E-state index contributed by atoms with van der Waals surface area (Å²) in [4.78, 5) is 36.3. The molecule has 7 heteroatoms. The van der Waals surface area contributed by atoms with E-state index in [-0.39, 0.29) is 30.2 Å². The molecular formula is C24H23FN4O2. The average molecular weight is 418 g/mol. The summed E-state index contributed by atoms with van der Waals surface area (Å²) in [6, 6.07) is 14.9. The minimum absolute atomic E-state index is 0.0366. The lowest BCUT2D eigenvalue weighted by Gasteiger charge is -2.24. The number of rotatable bonds is 5. The monoisotopic (exact) mass is 418 g/mol. The molecule has 1 N–H and O–H groups in total. The van der Waals surface area contributed by atoms with E-state index in [0.717, 1.165) is 18.4 Å². The van der Waals surface area contributed by atoms with Gasteiger partial charge >= 0.3 is 0 Å². The zero-order valence-corrected chi connectivity index (χ0v) is 17.2. The Bertz CT molecular complexity index is 1090. The molecule has 2 heterocycles. The van der Waals surface area contributed by atoms with Crippen molar-refractivity contribution in [2.75, 3.05) is 6.54 Å². The first kappa shape index (κ1) is 20.7. The highest BCUT2D eigenvalue weighted by Gasteiger charge is 2.32. The molecule has 2 aromatic carbocycles. The Balaban J connectivity index is 1.46. The Labute approximate surface area is 180 Å².